The molecule has 13 heavy (non-hydrogen) atoms. The van der Waals surface area contributed by atoms with Gasteiger partial charge in [0, 0.05) is 19.3 Å². The highest BCUT2D eigenvalue weighted by atomic mass is 15.4. The Bertz CT molecular complexity index is 330. The van der Waals surface area contributed by atoms with Crippen molar-refractivity contribution in [3.8, 4) is 6.07 Å². The monoisotopic (exact) mass is 176 g/mol. The summed E-state index contributed by atoms with van der Waals surface area (Å²) in [5.41, 5.74) is 1.19. The number of rotatable bonds is 2. The lowest BCUT2D eigenvalue weighted by molar-refractivity contribution is 0.115. The van der Waals surface area contributed by atoms with E-state index < -0.39 is 0 Å². The van der Waals surface area contributed by atoms with Crippen molar-refractivity contribution in [2.24, 2.45) is 0 Å². The molecule has 68 valence electrons. The van der Waals surface area contributed by atoms with Gasteiger partial charge in [-0.2, -0.15) is 10.4 Å². The summed E-state index contributed by atoms with van der Waals surface area (Å²) in [6, 6.07) is 2.62. The van der Waals surface area contributed by atoms with Gasteiger partial charge < -0.3 is 0 Å². The van der Waals surface area contributed by atoms with E-state index in [0.717, 1.165) is 13.1 Å². The normalized spacial score (nSPS) is 18.2. The van der Waals surface area contributed by atoms with E-state index in [9.17, 15) is 0 Å². The molecule has 2 rings (SSSR count). The highest BCUT2D eigenvalue weighted by Crippen LogP contribution is 2.19. The molecule has 0 unspecified atom stereocenters. The maximum Gasteiger partial charge on any atom is 0.0867 e. The molecule has 2 heterocycles. The second kappa shape index (κ2) is 3.19. The minimum absolute atomic E-state index is 0.474. The summed E-state index contributed by atoms with van der Waals surface area (Å²) in [5, 5.41) is 12.7. The van der Waals surface area contributed by atoms with Crippen LogP contribution in [0.2, 0.25) is 0 Å². The maximum atomic E-state index is 8.45. The van der Waals surface area contributed by atoms with Crippen LogP contribution in [0.5, 0.6) is 0 Å². The smallest absolute Gasteiger partial charge is 0.0867 e. The van der Waals surface area contributed by atoms with Gasteiger partial charge in [0.15, 0.2) is 0 Å². The van der Waals surface area contributed by atoms with Crippen molar-refractivity contribution >= 4 is 0 Å². The molecule has 1 fully saturated rings. The summed E-state index contributed by atoms with van der Waals surface area (Å²) in [7, 11) is 0. The van der Waals surface area contributed by atoms with E-state index in [1.54, 1.807) is 0 Å². The zero-order valence-electron chi connectivity index (χ0n) is 7.64. The number of aryl methyl sites for hydroxylation is 1. The van der Waals surface area contributed by atoms with Crippen molar-refractivity contribution < 1.29 is 0 Å². The summed E-state index contributed by atoms with van der Waals surface area (Å²) in [4.78, 5) is 2.11. The second-order valence-corrected chi connectivity index (χ2v) is 3.50. The molecule has 4 heteroatoms. The minimum atomic E-state index is 0.474. The molecule has 1 aliphatic rings. The van der Waals surface area contributed by atoms with Crippen molar-refractivity contribution in [1.29, 1.82) is 5.26 Å². The van der Waals surface area contributed by atoms with Crippen LogP contribution in [0, 0.1) is 18.3 Å². The van der Waals surface area contributed by atoms with Gasteiger partial charge in [-0.05, 0) is 12.5 Å². The van der Waals surface area contributed by atoms with Crippen molar-refractivity contribution in [1.82, 2.24) is 14.7 Å². The van der Waals surface area contributed by atoms with E-state index in [-0.39, 0.29) is 0 Å². The molecule has 4 nitrogen and oxygen atoms in total. The molecule has 0 radical (unpaired) electrons. The topological polar surface area (TPSA) is 44.9 Å². The molecular formula is C9H12N4. The fraction of sp³-hybridized carbons (Fsp3) is 0.556. The Kier molecular flexibility index (Phi) is 2.03. The summed E-state index contributed by atoms with van der Waals surface area (Å²) in [6.07, 6.45) is 3.92. The first-order valence-electron chi connectivity index (χ1n) is 4.39. The van der Waals surface area contributed by atoms with Crippen molar-refractivity contribution in [3.05, 3.63) is 18.0 Å². The first kappa shape index (κ1) is 8.27. The van der Waals surface area contributed by atoms with E-state index in [1.807, 2.05) is 24.0 Å². The Morgan fingerprint density at radius 3 is 3.00 bits per heavy atom. The van der Waals surface area contributed by atoms with Crippen LogP contribution >= 0.6 is 0 Å². The Balaban J connectivity index is 1.91. The predicted molar refractivity (Wildman–Crippen MR) is 48.1 cm³/mol. The van der Waals surface area contributed by atoms with Crippen molar-refractivity contribution in [2.75, 3.05) is 19.6 Å². The van der Waals surface area contributed by atoms with Gasteiger partial charge in [-0.15, -0.1) is 0 Å². The molecule has 0 spiro atoms. The van der Waals surface area contributed by atoms with Gasteiger partial charge in [0.05, 0.1) is 24.9 Å². The third-order valence-electron chi connectivity index (χ3n) is 2.34. The van der Waals surface area contributed by atoms with Gasteiger partial charge in [-0.25, -0.2) is 0 Å². The molecule has 1 aromatic heterocycles. The third kappa shape index (κ3) is 1.56. The fourth-order valence-corrected chi connectivity index (χ4v) is 1.57. The van der Waals surface area contributed by atoms with Crippen LogP contribution < -0.4 is 0 Å². The van der Waals surface area contributed by atoms with E-state index in [2.05, 4.69) is 16.1 Å². The van der Waals surface area contributed by atoms with Gasteiger partial charge >= 0.3 is 0 Å². The molecule has 0 atom stereocenters. The average molecular weight is 176 g/mol. The summed E-state index contributed by atoms with van der Waals surface area (Å²) in [6.45, 7) is 4.48. The van der Waals surface area contributed by atoms with E-state index in [1.165, 1.54) is 5.56 Å². The number of nitrogens with zero attached hydrogens (tertiary/aromatic N) is 4. The average Bonchev–Trinajstić information content (AvgIpc) is 2.43. The van der Waals surface area contributed by atoms with E-state index in [0.29, 0.717) is 12.6 Å². The molecule has 0 bridgehead atoms. The summed E-state index contributed by atoms with van der Waals surface area (Å²) >= 11 is 0. The van der Waals surface area contributed by atoms with Gasteiger partial charge in [-0.3, -0.25) is 9.58 Å². The van der Waals surface area contributed by atoms with E-state index >= 15 is 0 Å². The van der Waals surface area contributed by atoms with Crippen molar-refractivity contribution in [2.45, 2.75) is 13.0 Å². The van der Waals surface area contributed by atoms with Crippen LogP contribution in [0.1, 0.15) is 11.6 Å². The Morgan fingerprint density at radius 1 is 1.69 bits per heavy atom. The highest BCUT2D eigenvalue weighted by molar-refractivity contribution is 5.02. The lowest BCUT2D eigenvalue weighted by atomic mass is 10.1. The Labute approximate surface area is 77.4 Å². The van der Waals surface area contributed by atoms with Crippen LogP contribution in [0.3, 0.4) is 0 Å². The first-order chi connectivity index (χ1) is 6.29. The van der Waals surface area contributed by atoms with Gasteiger partial charge in [-0.1, -0.05) is 0 Å². The molecule has 0 N–H and O–H groups in total. The SMILES string of the molecule is Cc1cnn(C2CN(CC#N)C2)c1. The minimum Gasteiger partial charge on any atom is -0.286 e. The number of hydrogen-bond donors (Lipinski definition) is 0. The molecule has 1 saturated heterocycles. The van der Waals surface area contributed by atoms with Crippen LogP contribution in [0.15, 0.2) is 12.4 Å². The fourth-order valence-electron chi connectivity index (χ4n) is 1.57. The Morgan fingerprint density at radius 2 is 2.46 bits per heavy atom. The molecule has 0 amide bonds. The molecule has 0 saturated carbocycles. The quantitative estimate of drug-likeness (QED) is 0.619. The largest absolute Gasteiger partial charge is 0.286 e. The van der Waals surface area contributed by atoms with E-state index in [4.69, 9.17) is 5.26 Å². The lowest BCUT2D eigenvalue weighted by Crippen LogP contribution is -2.47. The van der Waals surface area contributed by atoms with Crippen LogP contribution in [0.25, 0.3) is 0 Å². The number of likely N-dealkylation sites (tertiary alicyclic amines) is 1. The van der Waals surface area contributed by atoms with Gasteiger partial charge in [0.2, 0.25) is 0 Å². The highest BCUT2D eigenvalue weighted by Gasteiger charge is 2.27. The second-order valence-electron chi connectivity index (χ2n) is 3.50. The van der Waals surface area contributed by atoms with Crippen LogP contribution in [-0.4, -0.2) is 34.3 Å². The first-order valence-corrected chi connectivity index (χ1v) is 4.39. The standard InChI is InChI=1S/C9H12N4/c1-8-4-11-13(5-8)9-6-12(7-9)3-2-10/h4-5,9H,3,6-7H2,1H3. The molecule has 1 aromatic rings. The third-order valence-corrected chi connectivity index (χ3v) is 2.34. The lowest BCUT2D eigenvalue weighted by Gasteiger charge is -2.37. The number of aromatic nitrogens is 2. The molecule has 0 aliphatic carbocycles. The molecule has 1 aliphatic heterocycles. The number of nitriles is 1. The zero-order valence-corrected chi connectivity index (χ0v) is 7.64. The number of hydrogen-bond acceptors (Lipinski definition) is 3. The molecule has 0 aromatic carbocycles. The predicted octanol–water partition coefficient (Wildman–Crippen LogP) is 0.572. The Hall–Kier alpha value is -1.34. The summed E-state index contributed by atoms with van der Waals surface area (Å²) < 4.78 is 1.99. The molecular weight excluding hydrogens is 164 g/mol. The van der Waals surface area contributed by atoms with Gasteiger partial charge in [0.1, 0.15) is 0 Å². The maximum absolute atomic E-state index is 8.45. The zero-order chi connectivity index (χ0) is 9.26. The van der Waals surface area contributed by atoms with Crippen molar-refractivity contribution in [3.63, 3.8) is 0 Å². The van der Waals surface area contributed by atoms with Crippen LogP contribution in [0.4, 0.5) is 0 Å². The van der Waals surface area contributed by atoms with Crippen LogP contribution in [-0.2, 0) is 0 Å². The van der Waals surface area contributed by atoms with Gasteiger partial charge in [0.25, 0.3) is 0 Å². The summed E-state index contributed by atoms with van der Waals surface area (Å²) in [5.74, 6) is 0.